The molecule has 39 heavy (non-hydrogen) atoms. The molecule has 1 amide bonds. The van der Waals surface area contributed by atoms with Crippen molar-refractivity contribution in [1.29, 1.82) is 0 Å². The number of ketones is 1. The number of amides is 1. The van der Waals surface area contributed by atoms with Gasteiger partial charge in [0.05, 0.1) is 21.8 Å². The number of hydrogen-bond donors (Lipinski definition) is 2. The number of halogens is 4. The Hall–Kier alpha value is -3.71. The van der Waals surface area contributed by atoms with Crippen molar-refractivity contribution in [2.45, 2.75) is 44.7 Å². The maximum absolute atomic E-state index is 13.1. The van der Waals surface area contributed by atoms with Gasteiger partial charge >= 0.3 is 6.18 Å². The molecule has 3 aromatic heterocycles. The highest BCUT2D eigenvalue weighted by atomic mass is 35.5. The monoisotopic (exact) mass is 577 g/mol. The van der Waals surface area contributed by atoms with Crippen molar-refractivity contribution >= 4 is 52.0 Å². The van der Waals surface area contributed by atoms with E-state index < -0.39 is 22.7 Å². The minimum Gasteiger partial charge on any atom is -0.370 e. The van der Waals surface area contributed by atoms with Crippen molar-refractivity contribution in [1.82, 2.24) is 19.9 Å². The van der Waals surface area contributed by atoms with Gasteiger partial charge < -0.3 is 10.6 Å². The third kappa shape index (κ3) is 7.67. The smallest absolute Gasteiger partial charge is 0.370 e. The van der Waals surface area contributed by atoms with Gasteiger partial charge in [-0.2, -0.15) is 13.2 Å². The molecule has 0 fully saturated rings. The Morgan fingerprint density at radius 1 is 1.13 bits per heavy atom. The number of hydrogen-bond acceptors (Lipinski definition) is 9. The number of thiazole rings is 1. The minimum atomic E-state index is -4.69. The summed E-state index contributed by atoms with van der Waals surface area (Å²) in [5.41, 5.74) is 0.295. The number of aliphatic imine (C=N–C) groups is 1. The molecular formula is C25H23ClF3N7O2S. The number of alkyl halides is 3. The van der Waals surface area contributed by atoms with E-state index in [1.165, 1.54) is 12.5 Å². The molecule has 0 aliphatic carbocycles. The first-order valence-electron chi connectivity index (χ1n) is 11.9. The van der Waals surface area contributed by atoms with E-state index in [1.807, 2.05) is 12.3 Å². The largest absolute Gasteiger partial charge is 0.418 e. The molecule has 0 saturated heterocycles. The quantitative estimate of drug-likeness (QED) is 0.206. The van der Waals surface area contributed by atoms with Crippen LogP contribution in [0.25, 0.3) is 0 Å². The van der Waals surface area contributed by atoms with E-state index in [0.717, 1.165) is 42.5 Å². The Morgan fingerprint density at radius 2 is 1.95 bits per heavy atom. The van der Waals surface area contributed by atoms with Crippen molar-refractivity contribution in [2.24, 2.45) is 4.99 Å². The molecular weight excluding hydrogens is 555 g/mol. The predicted molar refractivity (Wildman–Crippen MR) is 143 cm³/mol. The maximum atomic E-state index is 13.1. The first kappa shape index (κ1) is 28.3. The summed E-state index contributed by atoms with van der Waals surface area (Å²) in [6.45, 7) is 2.46. The Kier molecular flexibility index (Phi) is 9.02. The molecule has 4 rings (SSSR count). The molecule has 0 aromatic carbocycles. The molecule has 1 aliphatic rings. The zero-order valence-corrected chi connectivity index (χ0v) is 22.2. The summed E-state index contributed by atoms with van der Waals surface area (Å²) in [7, 11) is 0. The fraction of sp³-hybridized carbons (Fsp3) is 0.320. The second kappa shape index (κ2) is 12.4. The molecule has 1 aliphatic heterocycles. The minimum absolute atomic E-state index is 0.0888. The molecule has 0 saturated carbocycles. The average molecular weight is 578 g/mol. The average Bonchev–Trinajstić information content (AvgIpc) is 3.60. The Labute approximate surface area is 230 Å². The fourth-order valence-corrected chi connectivity index (χ4v) is 4.75. The van der Waals surface area contributed by atoms with Crippen LogP contribution in [0.4, 0.5) is 24.8 Å². The Balaban J connectivity index is 1.31. The molecule has 1 unspecified atom stereocenters. The zero-order chi connectivity index (χ0) is 28.0. The van der Waals surface area contributed by atoms with Crippen LogP contribution in [0, 0.1) is 0 Å². The molecule has 0 bridgehead atoms. The van der Waals surface area contributed by atoms with E-state index in [4.69, 9.17) is 11.6 Å². The molecule has 2 N–H and O–H groups in total. The SMILES string of the molecule is CC(CC(=O)c1cc(NCCCC2=NC=CC2)ncn1)c1ncc(C(=O)Nc2cc(C(F)(F)F)c(Cl)cn2)s1. The van der Waals surface area contributed by atoms with Gasteiger partial charge in [-0.15, -0.1) is 11.3 Å². The maximum Gasteiger partial charge on any atom is 0.418 e. The highest BCUT2D eigenvalue weighted by molar-refractivity contribution is 7.13. The van der Waals surface area contributed by atoms with E-state index in [9.17, 15) is 22.8 Å². The van der Waals surface area contributed by atoms with E-state index in [-0.39, 0.29) is 34.5 Å². The van der Waals surface area contributed by atoms with Gasteiger partial charge in [0, 0.05) is 49.5 Å². The molecule has 14 heteroatoms. The van der Waals surface area contributed by atoms with E-state index >= 15 is 0 Å². The summed E-state index contributed by atoms with van der Waals surface area (Å²) in [5.74, 6) is -0.979. The van der Waals surface area contributed by atoms with Crippen LogP contribution in [0.3, 0.4) is 0 Å². The second-order valence-corrected chi connectivity index (χ2v) is 10.2. The molecule has 0 spiro atoms. The van der Waals surface area contributed by atoms with Crippen LogP contribution in [-0.2, 0) is 6.18 Å². The van der Waals surface area contributed by atoms with E-state index in [2.05, 4.69) is 35.6 Å². The highest BCUT2D eigenvalue weighted by Gasteiger charge is 2.34. The summed E-state index contributed by atoms with van der Waals surface area (Å²) in [5, 5.41) is 5.46. The second-order valence-electron chi connectivity index (χ2n) is 8.70. The van der Waals surface area contributed by atoms with Crippen LogP contribution in [0.15, 0.2) is 48.1 Å². The summed E-state index contributed by atoms with van der Waals surface area (Å²) < 4.78 is 39.2. The lowest BCUT2D eigenvalue weighted by Crippen LogP contribution is -2.13. The van der Waals surface area contributed by atoms with Crippen molar-refractivity contribution < 1.29 is 22.8 Å². The van der Waals surface area contributed by atoms with Crippen molar-refractivity contribution in [3.63, 3.8) is 0 Å². The van der Waals surface area contributed by atoms with Crippen molar-refractivity contribution in [2.75, 3.05) is 17.2 Å². The van der Waals surface area contributed by atoms with Crippen LogP contribution < -0.4 is 10.6 Å². The van der Waals surface area contributed by atoms with Gasteiger partial charge in [-0.25, -0.2) is 19.9 Å². The van der Waals surface area contributed by atoms with Gasteiger partial charge in [-0.05, 0) is 18.9 Å². The predicted octanol–water partition coefficient (Wildman–Crippen LogP) is 6.18. The van der Waals surface area contributed by atoms with E-state index in [0.29, 0.717) is 23.4 Å². The Bertz CT molecular complexity index is 1420. The lowest BCUT2D eigenvalue weighted by atomic mass is 10.0. The lowest BCUT2D eigenvalue weighted by molar-refractivity contribution is -0.137. The molecule has 9 nitrogen and oxygen atoms in total. The summed E-state index contributed by atoms with van der Waals surface area (Å²) >= 11 is 6.60. The van der Waals surface area contributed by atoms with Crippen LogP contribution in [0.2, 0.25) is 5.02 Å². The molecule has 4 heterocycles. The third-order valence-electron chi connectivity index (χ3n) is 5.68. The number of aromatic nitrogens is 4. The van der Waals surface area contributed by atoms with Crippen molar-refractivity contribution in [3.05, 3.63) is 69.3 Å². The van der Waals surface area contributed by atoms with Gasteiger partial charge in [0.1, 0.15) is 28.5 Å². The first-order valence-corrected chi connectivity index (χ1v) is 13.1. The topological polar surface area (TPSA) is 122 Å². The molecule has 1 atom stereocenters. The molecule has 3 aromatic rings. The summed E-state index contributed by atoms with van der Waals surface area (Å²) in [6.07, 6.45) is 5.32. The first-order chi connectivity index (χ1) is 18.6. The van der Waals surface area contributed by atoms with Crippen LogP contribution >= 0.6 is 22.9 Å². The highest BCUT2D eigenvalue weighted by Crippen LogP contribution is 2.35. The van der Waals surface area contributed by atoms with Gasteiger partial charge in [-0.1, -0.05) is 24.6 Å². The van der Waals surface area contributed by atoms with Crippen LogP contribution in [0.5, 0.6) is 0 Å². The van der Waals surface area contributed by atoms with Crippen molar-refractivity contribution in [3.8, 4) is 0 Å². The van der Waals surface area contributed by atoms with Crippen LogP contribution in [0.1, 0.15) is 69.3 Å². The third-order valence-corrected chi connectivity index (χ3v) is 7.21. The van der Waals surface area contributed by atoms with Crippen LogP contribution in [-0.4, -0.2) is 43.9 Å². The number of Topliss-reactive ketones (excluding diaryl/α,β-unsaturated/α-hetero) is 1. The zero-order valence-electron chi connectivity index (χ0n) is 20.6. The van der Waals surface area contributed by atoms with Gasteiger partial charge in [0.15, 0.2) is 5.78 Å². The number of anilines is 2. The molecule has 0 radical (unpaired) electrons. The fourth-order valence-electron chi connectivity index (χ4n) is 3.67. The van der Waals surface area contributed by atoms with Gasteiger partial charge in [0.25, 0.3) is 5.91 Å². The Morgan fingerprint density at radius 3 is 2.69 bits per heavy atom. The number of nitrogens with zero attached hydrogens (tertiary/aromatic N) is 5. The normalized spacial score (nSPS) is 13.7. The number of carbonyl (C=O) groups is 2. The number of allylic oxidation sites excluding steroid dienone is 1. The van der Waals surface area contributed by atoms with Gasteiger partial charge in [-0.3, -0.25) is 14.6 Å². The lowest BCUT2D eigenvalue weighted by Gasteiger charge is -2.10. The summed E-state index contributed by atoms with van der Waals surface area (Å²) in [4.78, 5) is 46.1. The standard InChI is InChI=1S/C25H23ClF3N7O2S/c1-14(8-19(37)18-10-21(35-13-34-18)31-7-3-5-15-4-2-6-30-15)24-33-12-20(39-24)23(38)36-22-9-16(25(27,28)29)17(26)11-32-22/h2,6,9-14H,3-5,7-8H2,1H3,(H,31,34,35)(H,32,36,38). The number of carbonyl (C=O) groups excluding carboxylic acids is 2. The van der Waals surface area contributed by atoms with E-state index in [1.54, 1.807) is 13.0 Å². The number of nitrogens with one attached hydrogen (secondary N) is 2. The number of pyridine rings is 1. The number of rotatable bonds is 11. The van der Waals surface area contributed by atoms with Gasteiger partial charge in [0.2, 0.25) is 0 Å². The summed E-state index contributed by atoms with van der Waals surface area (Å²) in [6, 6.07) is 2.26. The molecule has 204 valence electrons.